The Labute approximate surface area is 137 Å². The van der Waals surface area contributed by atoms with Crippen molar-refractivity contribution in [1.29, 1.82) is 0 Å². The van der Waals surface area contributed by atoms with Crippen molar-refractivity contribution in [2.75, 3.05) is 7.05 Å². The summed E-state index contributed by atoms with van der Waals surface area (Å²) in [4.78, 5) is 25.4. The van der Waals surface area contributed by atoms with E-state index in [1.807, 2.05) is 24.3 Å². The summed E-state index contributed by atoms with van der Waals surface area (Å²) in [7, 11) is 1.64. The lowest BCUT2D eigenvalue weighted by molar-refractivity contribution is 0.0749. The van der Waals surface area contributed by atoms with E-state index in [1.54, 1.807) is 14.0 Å². The fourth-order valence-electron chi connectivity index (χ4n) is 2.34. The average molecular weight is 325 g/mol. The number of benzene rings is 1. The maximum Gasteiger partial charge on any atom is 0.289 e. The van der Waals surface area contributed by atoms with Crippen LogP contribution in [0.25, 0.3) is 11.4 Å². The molecule has 0 atom stereocenters. The van der Waals surface area contributed by atoms with Crippen LogP contribution in [0.5, 0.6) is 0 Å². The van der Waals surface area contributed by atoms with Crippen molar-refractivity contribution in [1.82, 2.24) is 25.5 Å². The van der Waals surface area contributed by atoms with Crippen molar-refractivity contribution in [2.24, 2.45) is 0 Å². The lowest BCUT2D eigenvalue weighted by Crippen LogP contribution is -2.27. The van der Waals surface area contributed by atoms with Gasteiger partial charge in [0.05, 0.1) is 0 Å². The molecule has 2 aromatic heterocycles. The highest BCUT2D eigenvalue weighted by Gasteiger charge is 2.16. The number of aryl methyl sites for hydroxylation is 1. The molecule has 0 saturated heterocycles. The van der Waals surface area contributed by atoms with Gasteiger partial charge in [0.25, 0.3) is 5.91 Å². The van der Waals surface area contributed by atoms with Crippen LogP contribution in [0.2, 0.25) is 0 Å². The number of hydrogen-bond donors (Lipinski definition) is 1. The molecule has 1 N–H and O–H groups in total. The predicted octanol–water partition coefficient (Wildman–Crippen LogP) is 1.40. The second-order valence-corrected chi connectivity index (χ2v) is 5.37. The van der Waals surface area contributed by atoms with Gasteiger partial charge in [-0.3, -0.25) is 9.59 Å². The van der Waals surface area contributed by atoms with Gasteiger partial charge in [-0.2, -0.15) is 5.21 Å². The van der Waals surface area contributed by atoms with E-state index in [2.05, 4.69) is 20.6 Å². The number of aromatic amines is 1. The van der Waals surface area contributed by atoms with E-state index in [9.17, 15) is 9.59 Å². The quantitative estimate of drug-likeness (QED) is 0.777. The Bertz CT molecular complexity index is 917. The molecule has 2 heterocycles. The summed E-state index contributed by atoms with van der Waals surface area (Å²) in [6.45, 7) is 1.98. The second kappa shape index (κ2) is 6.45. The van der Waals surface area contributed by atoms with Crippen molar-refractivity contribution in [3.8, 4) is 11.4 Å². The SMILES string of the molecule is Cc1cc(=O)cc(C(=O)N(C)Cc2cccc(-c3nn[nH]n3)c2)o1. The van der Waals surface area contributed by atoms with E-state index in [0.717, 1.165) is 11.1 Å². The molecule has 0 aliphatic rings. The van der Waals surface area contributed by atoms with Crippen LogP contribution in [-0.2, 0) is 6.54 Å². The highest BCUT2D eigenvalue weighted by molar-refractivity contribution is 5.91. The smallest absolute Gasteiger partial charge is 0.289 e. The normalized spacial score (nSPS) is 10.6. The molecule has 8 heteroatoms. The molecule has 0 radical (unpaired) electrons. The largest absolute Gasteiger partial charge is 0.456 e. The van der Waals surface area contributed by atoms with Gasteiger partial charge in [0.1, 0.15) is 5.76 Å². The fraction of sp³-hybridized carbons (Fsp3) is 0.188. The van der Waals surface area contributed by atoms with Gasteiger partial charge >= 0.3 is 0 Å². The zero-order valence-corrected chi connectivity index (χ0v) is 13.2. The van der Waals surface area contributed by atoms with Crippen LogP contribution in [0.4, 0.5) is 0 Å². The standard InChI is InChI=1S/C16H15N5O3/c1-10-6-13(22)8-14(24-10)16(23)21(2)9-11-4-3-5-12(7-11)15-17-19-20-18-15/h3-8H,9H2,1-2H3,(H,17,18,19,20). The van der Waals surface area contributed by atoms with E-state index in [0.29, 0.717) is 18.1 Å². The molecule has 0 unspecified atom stereocenters. The summed E-state index contributed by atoms with van der Waals surface area (Å²) in [5.41, 5.74) is 1.43. The maximum atomic E-state index is 12.4. The molecule has 0 fully saturated rings. The first-order valence-electron chi connectivity index (χ1n) is 7.23. The zero-order chi connectivity index (χ0) is 17.1. The molecule has 0 saturated carbocycles. The monoisotopic (exact) mass is 325 g/mol. The molecule has 122 valence electrons. The lowest BCUT2D eigenvalue weighted by Gasteiger charge is -2.17. The van der Waals surface area contributed by atoms with E-state index in [-0.39, 0.29) is 17.1 Å². The first-order valence-corrected chi connectivity index (χ1v) is 7.23. The highest BCUT2D eigenvalue weighted by Crippen LogP contribution is 2.16. The van der Waals surface area contributed by atoms with Gasteiger partial charge < -0.3 is 9.32 Å². The number of nitrogens with one attached hydrogen (secondary N) is 1. The van der Waals surface area contributed by atoms with E-state index >= 15 is 0 Å². The molecular formula is C16H15N5O3. The molecule has 3 aromatic rings. The van der Waals surface area contributed by atoms with Crippen LogP contribution in [0.3, 0.4) is 0 Å². The minimum Gasteiger partial charge on any atom is -0.456 e. The van der Waals surface area contributed by atoms with Crippen molar-refractivity contribution >= 4 is 5.91 Å². The molecular weight excluding hydrogens is 310 g/mol. The molecule has 8 nitrogen and oxygen atoms in total. The first-order chi connectivity index (χ1) is 11.5. The fourth-order valence-corrected chi connectivity index (χ4v) is 2.34. The van der Waals surface area contributed by atoms with Crippen LogP contribution in [0.15, 0.2) is 45.6 Å². The Balaban J connectivity index is 1.79. The average Bonchev–Trinajstić information content (AvgIpc) is 3.08. The van der Waals surface area contributed by atoms with Gasteiger partial charge in [0.15, 0.2) is 11.2 Å². The number of H-pyrrole nitrogens is 1. The molecule has 0 aliphatic heterocycles. The Morgan fingerprint density at radius 3 is 2.83 bits per heavy atom. The third kappa shape index (κ3) is 3.37. The van der Waals surface area contributed by atoms with Crippen molar-refractivity contribution in [3.63, 3.8) is 0 Å². The van der Waals surface area contributed by atoms with Crippen LogP contribution in [0.1, 0.15) is 21.9 Å². The number of aromatic nitrogens is 4. The molecule has 1 amide bonds. The van der Waals surface area contributed by atoms with Crippen LogP contribution >= 0.6 is 0 Å². The number of carbonyl (C=O) groups is 1. The molecule has 3 rings (SSSR count). The maximum absolute atomic E-state index is 12.4. The summed E-state index contributed by atoms with van der Waals surface area (Å²) in [6.07, 6.45) is 0. The van der Waals surface area contributed by atoms with Crippen molar-refractivity contribution in [3.05, 3.63) is 63.7 Å². The van der Waals surface area contributed by atoms with E-state index in [4.69, 9.17) is 4.42 Å². The van der Waals surface area contributed by atoms with Gasteiger partial charge in [0, 0.05) is 31.3 Å². The minimum atomic E-state index is -0.360. The number of rotatable bonds is 4. The van der Waals surface area contributed by atoms with Crippen LogP contribution in [-0.4, -0.2) is 38.5 Å². The molecule has 0 bridgehead atoms. The summed E-state index contributed by atoms with van der Waals surface area (Å²) in [5.74, 6) is 0.548. The Morgan fingerprint density at radius 1 is 1.29 bits per heavy atom. The van der Waals surface area contributed by atoms with Gasteiger partial charge in [-0.1, -0.05) is 18.2 Å². The molecule has 0 aliphatic carbocycles. The highest BCUT2D eigenvalue weighted by atomic mass is 16.3. The third-order valence-electron chi connectivity index (χ3n) is 3.40. The Hall–Kier alpha value is -3.29. The number of amides is 1. The molecule has 1 aromatic carbocycles. The third-order valence-corrected chi connectivity index (χ3v) is 3.40. The predicted molar refractivity (Wildman–Crippen MR) is 85.1 cm³/mol. The van der Waals surface area contributed by atoms with Gasteiger partial charge in [0.2, 0.25) is 5.82 Å². The number of carbonyl (C=O) groups excluding carboxylic acids is 1. The van der Waals surface area contributed by atoms with Crippen LogP contribution in [0, 0.1) is 6.92 Å². The van der Waals surface area contributed by atoms with E-state index < -0.39 is 0 Å². The van der Waals surface area contributed by atoms with Gasteiger partial charge in [-0.25, -0.2) is 0 Å². The van der Waals surface area contributed by atoms with Crippen molar-refractivity contribution in [2.45, 2.75) is 13.5 Å². The Morgan fingerprint density at radius 2 is 2.12 bits per heavy atom. The topological polar surface area (TPSA) is 105 Å². The van der Waals surface area contributed by atoms with Gasteiger partial charge in [-0.05, 0) is 23.8 Å². The lowest BCUT2D eigenvalue weighted by atomic mass is 10.1. The minimum absolute atomic E-state index is 0.0248. The second-order valence-electron chi connectivity index (χ2n) is 5.37. The summed E-state index contributed by atoms with van der Waals surface area (Å²) in [5, 5.41) is 13.8. The zero-order valence-electron chi connectivity index (χ0n) is 13.2. The Kier molecular flexibility index (Phi) is 4.19. The summed E-state index contributed by atoms with van der Waals surface area (Å²) < 4.78 is 5.34. The molecule has 24 heavy (non-hydrogen) atoms. The van der Waals surface area contributed by atoms with Crippen LogP contribution < -0.4 is 5.43 Å². The molecule has 0 spiro atoms. The summed E-state index contributed by atoms with van der Waals surface area (Å²) >= 11 is 0. The van der Waals surface area contributed by atoms with E-state index in [1.165, 1.54) is 17.0 Å². The first kappa shape index (κ1) is 15.6. The number of nitrogens with zero attached hydrogens (tertiary/aromatic N) is 4. The van der Waals surface area contributed by atoms with Gasteiger partial charge in [-0.15, -0.1) is 10.2 Å². The number of hydrogen-bond acceptors (Lipinski definition) is 6. The summed E-state index contributed by atoms with van der Waals surface area (Å²) in [6, 6.07) is 10.0. The number of tetrazole rings is 1. The van der Waals surface area contributed by atoms with Crippen molar-refractivity contribution < 1.29 is 9.21 Å².